The van der Waals surface area contributed by atoms with Gasteiger partial charge in [-0.2, -0.15) is 0 Å². The molecule has 4 saturated carbocycles. The van der Waals surface area contributed by atoms with Gasteiger partial charge in [-0.05, 0) is 73.3 Å². The third-order valence-corrected chi connectivity index (χ3v) is 7.11. The van der Waals surface area contributed by atoms with Gasteiger partial charge < -0.3 is 9.26 Å². The van der Waals surface area contributed by atoms with E-state index in [2.05, 4.69) is 12.1 Å². The Kier molecular flexibility index (Phi) is 7.87. The first-order chi connectivity index (χ1) is 12.8. The van der Waals surface area contributed by atoms with Gasteiger partial charge in [-0.25, -0.2) is 0 Å². The first kappa shape index (κ1) is 22.9. The standard InChI is InChI=1S/C22H25O3P.2Na.2H/c1-24-21-11-15-4-2-3-5-18(15)22(25-26-23)20(21)12-19-16-7-13-6-14(9-16)10-17(19)8-13;;;;/h2-5,11-14,16-17H,6-10,26H2,1H3;;;;. The van der Waals surface area contributed by atoms with Gasteiger partial charge in [0.05, 0.1) is 12.7 Å². The average molecular weight is 416 g/mol. The molecule has 1 atom stereocenters. The molecule has 0 saturated heterocycles. The number of hydrogen-bond acceptors (Lipinski definition) is 3. The first-order valence-corrected chi connectivity index (χ1v) is 10.6. The molecule has 4 aliphatic carbocycles. The molecule has 6 rings (SSSR count). The van der Waals surface area contributed by atoms with Crippen LogP contribution in [-0.4, -0.2) is 66.2 Å². The van der Waals surface area contributed by atoms with Crippen molar-refractivity contribution in [3.63, 3.8) is 0 Å². The van der Waals surface area contributed by atoms with Crippen molar-refractivity contribution >= 4 is 84.7 Å². The van der Waals surface area contributed by atoms with E-state index in [1.807, 2.05) is 24.3 Å². The molecule has 4 aliphatic rings. The van der Waals surface area contributed by atoms with E-state index in [0.717, 1.165) is 45.8 Å². The van der Waals surface area contributed by atoms with Gasteiger partial charge in [0.15, 0.2) is 0 Å². The number of hydrogen-bond donors (Lipinski definition) is 0. The van der Waals surface area contributed by atoms with Gasteiger partial charge in [0.2, 0.25) is 8.69 Å². The summed E-state index contributed by atoms with van der Waals surface area (Å²) in [5.41, 5.74) is 2.55. The summed E-state index contributed by atoms with van der Waals surface area (Å²) in [6.45, 7) is 0. The van der Waals surface area contributed by atoms with Crippen LogP contribution in [0, 0.1) is 23.7 Å². The van der Waals surface area contributed by atoms with Crippen LogP contribution in [-0.2, 0) is 4.57 Å². The molecule has 0 N–H and O–H groups in total. The minimum atomic E-state index is -1.32. The third kappa shape index (κ3) is 4.06. The van der Waals surface area contributed by atoms with Gasteiger partial charge in [-0.3, -0.25) is 4.57 Å². The maximum atomic E-state index is 11.4. The molecular weight excluding hydrogens is 389 g/mol. The summed E-state index contributed by atoms with van der Waals surface area (Å²) in [6.07, 6.45) is 9.15. The van der Waals surface area contributed by atoms with Crippen LogP contribution in [0.5, 0.6) is 11.5 Å². The maximum absolute atomic E-state index is 11.4. The van der Waals surface area contributed by atoms with Crippen LogP contribution >= 0.6 is 8.69 Å². The van der Waals surface area contributed by atoms with Gasteiger partial charge in [-0.15, -0.1) is 0 Å². The van der Waals surface area contributed by atoms with Crippen molar-refractivity contribution in [1.82, 2.24) is 0 Å². The van der Waals surface area contributed by atoms with Crippen LogP contribution < -0.4 is 9.26 Å². The molecular formula is C22H27Na2O3P. The molecule has 28 heavy (non-hydrogen) atoms. The Morgan fingerprint density at radius 2 is 1.64 bits per heavy atom. The molecule has 0 radical (unpaired) electrons. The summed E-state index contributed by atoms with van der Waals surface area (Å²) in [4.78, 5) is 0. The molecule has 3 nitrogen and oxygen atoms in total. The summed E-state index contributed by atoms with van der Waals surface area (Å²) >= 11 is 0. The summed E-state index contributed by atoms with van der Waals surface area (Å²) in [5, 5.41) is 2.06. The van der Waals surface area contributed by atoms with E-state index in [4.69, 9.17) is 9.26 Å². The van der Waals surface area contributed by atoms with Crippen molar-refractivity contribution < 1.29 is 13.8 Å². The molecule has 1 unspecified atom stereocenters. The zero-order chi connectivity index (χ0) is 17.7. The molecule has 0 heterocycles. The summed E-state index contributed by atoms with van der Waals surface area (Å²) in [5.74, 6) is 4.84. The zero-order valence-corrected chi connectivity index (χ0v) is 16.3. The fourth-order valence-electron chi connectivity index (χ4n) is 5.92. The van der Waals surface area contributed by atoms with Gasteiger partial charge >= 0.3 is 59.1 Å². The van der Waals surface area contributed by atoms with Crippen molar-refractivity contribution in [2.24, 2.45) is 23.7 Å². The molecule has 2 aromatic carbocycles. The fraction of sp³-hybridized carbons (Fsp3) is 0.455. The van der Waals surface area contributed by atoms with Crippen LogP contribution in [0.2, 0.25) is 0 Å². The predicted octanol–water partition coefficient (Wildman–Crippen LogP) is 4.44. The normalized spacial score (nSPS) is 27.5. The van der Waals surface area contributed by atoms with Crippen LogP contribution in [0.15, 0.2) is 35.9 Å². The SMILES string of the molecule is COc1cc2ccccc2c(O[PH2]=O)c1C=C1C2CC3CC(C2)CC1C3.[NaH].[NaH]. The zero-order valence-electron chi connectivity index (χ0n) is 15.1. The Balaban J connectivity index is 0.00000112. The van der Waals surface area contributed by atoms with Crippen LogP contribution in [0.1, 0.15) is 37.7 Å². The van der Waals surface area contributed by atoms with E-state index < -0.39 is 8.69 Å². The topological polar surface area (TPSA) is 35.5 Å². The monoisotopic (exact) mass is 416 g/mol. The molecule has 4 fully saturated rings. The third-order valence-electron chi connectivity index (χ3n) is 6.78. The number of allylic oxidation sites excluding steroid dienone is 1. The Bertz CT molecular complexity index is 882. The molecule has 6 heteroatoms. The number of fused-ring (bicyclic) bond motifs is 1. The molecule has 140 valence electrons. The Morgan fingerprint density at radius 3 is 2.25 bits per heavy atom. The number of methoxy groups -OCH3 is 1. The van der Waals surface area contributed by atoms with E-state index in [1.165, 1.54) is 32.1 Å². The van der Waals surface area contributed by atoms with E-state index in [9.17, 15) is 4.57 Å². The molecule has 4 bridgehead atoms. The van der Waals surface area contributed by atoms with Crippen molar-refractivity contribution in [3.8, 4) is 11.5 Å². The molecule has 0 aromatic heterocycles. The Labute approximate surface area is 212 Å². The van der Waals surface area contributed by atoms with E-state index in [0.29, 0.717) is 5.75 Å². The molecule has 0 aliphatic heterocycles. The van der Waals surface area contributed by atoms with Gasteiger partial charge in [0, 0.05) is 5.39 Å². The second-order valence-corrected chi connectivity index (χ2v) is 8.63. The van der Waals surface area contributed by atoms with Crippen molar-refractivity contribution in [2.45, 2.75) is 32.1 Å². The number of benzene rings is 2. The molecule has 0 amide bonds. The van der Waals surface area contributed by atoms with Gasteiger partial charge in [0.1, 0.15) is 11.5 Å². The number of ether oxygens (including phenoxy) is 1. The van der Waals surface area contributed by atoms with Crippen molar-refractivity contribution in [2.75, 3.05) is 7.11 Å². The second-order valence-electron chi connectivity index (χ2n) is 8.21. The average Bonchev–Trinajstić information content (AvgIpc) is 2.65. The summed E-state index contributed by atoms with van der Waals surface area (Å²) in [6, 6.07) is 10.2. The quantitative estimate of drug-likeness (QED) is 0.546. The van der Waals surface area contributed by atoms with Crippen molar-refractivity contribution in [3.05, 3.63) is 41.5 Å². The summed E-state index contributed by atoms with van der Waals surface area (Å²) in [7, 11) is 0.388. The Morgan fingerprint density at radius 1 is 1.00 bits per heavy atom. The predicted molar refractivity (Wildman–Crippen MR) is 121 cm³/mol. The van der Waals surface area contributed by atoms with E-state index >= 15 is 0 Å². The van der Waals surface area contributed by atoms with Crippen molar-refractivity contribution in [1.29, 1.82) is 0 Å². The van der Waals surface area contributed by atoms with Gasteiger partial charge in [-0.1, -0.05) is 29.8 Å². The van der Waals surface area contributed by atoms with Gasteiger partial charge in [0.25, 0.3) is 0 Å². The molecule has 2 aromatic rings. The van der Waals surface area contributed by atoms with Crippen LogP contribution in [0.25, 0.3) is 16.8 Å². The minimum absolute atomic E-state index is 0. The summed E-state index contributed by atoms with van der Waals surface area (Å²) < 4.78 is 22.8. The van der Waals surface area contributed by atoms with Crippen LogP contribution in [0.3, 0.4) is 0 Å². The fourth-order valence-corrected chi connectivity index (χ4v) is 6.27. The molecule has 0 spiro atoms. The van der Waals surface area contributed by atoms with E-state index in [1.54, 1.807) is 12.7 Å². The van der Waals surface area contributed by atoms with E-state index in [-0.39, 0.29) is 59.1 Å². The number of rotatable bonds is 4. The van der Waals surface area contributed by atoms with Crippen LogP contribution in [0.4, 0.5) is 0 Å². The Hall–Kier alpha value is 0.270. The first-order valence-electron chi connectivity index (χ1n) is 9.68. The second kappa shape index (κ2) is 9.60.